The predicted molar refractivity (Wildman–Crippen MR) is 90.2 cm³/mol. The van der Waals surface area contributed by atoms with Crippen LogP contribution in [0, 0.1) is 0 Å². The summed E-state index contributed by atoms with van der Waals surface area (Å²) in [6.45, 7) is 13.8. The van der Waals surface area contributed by atoms with E-state index in [1.165, 1.54) is 5.56 Å². The van der Waals surface area contributed by atoms with Gasteiger partial charge >= 0.3 is 0 Å². The fourth-order valence-electron chi connectivity index (χ4n) is 1.75. The summed E-state index contributed by atoms with van der Waals surface area (Å²) in [5.74, 6) is 0. The van der Waals surface area contributed by atoms with Crippen LogP contribution in [0.2, 0.25) is 18.1 Å². The van der Waals surface area contributed by atoms with Crippen LogP contribution >= 0.6 is 15.9 Å². The SMILES string of the molecule is CCC(Cc1ccc(Br)cc1)O[Si](C)(C)C(C)(C)C. The Morgan fingerprint density at radius 1 is 1.16 bits per heavy atom. The van der Waals surface area contributed by atoms with Gasteiger partial charge in [0.1, 0.15) is 0 Å². The first kappa shape index (κ1) is 16.9. The van der Waals surface area contributed by atoms with E-state index >= 15 is 0 Å². The lowest BCUT2D eigenvalue weighted by molar-refractivity contribution is 0.176. The molecule has 19 heavy (non-hydrogen) atoms. The van der Waals surface area contributed by atoms with E-state index in [2.05, 4.69) is 81.0 Å². The summed E-state index contributed by atoms with van der Waals surface area (Å²) >= 11 is 3.48. The van der Waals surface area contributed by atoms with E-state index in [0.29, 0.717) is 6.10 Å². The number of hydrogen-bond donors (Lipinski definition) is 0. The van der Waals surface area contributed by atoms with E-state index in [1.54, 1.807) is 0 Å². The van der Waals surface area contributed by atoms with Crippen molar-refractivity contribution in [1.82, 2.24) is 0 Å². The van der Waals surface area contributed by atoms with Crippen LogP contribution < -0.4 is 0 Å². The molecule has 0 aromatic heterocycles. The van der Waals surface area contributed by atoms with Gasteiger partial charge in [0.25, 0.3) is 0 Å². The van der Waals surface area contributed by atoms with Gasteiger partial charge in [-0.15, -0.1) is 0 Å². The fraction of sp³-hybridized carbons (Fsp3) is 0.625. The van der Waals surface area contributed by atoms with Gasteiger partial charge in [0, 0.05) is 10.6 Å². The van der Waals surface area contributed by atoms with Crippen molar-refractivity contribution in [2.45, 2.75) is 64.8 Å². The molecule has 0 aliphatic heterocycles. The normalized spacial score (nSPS) is 14.5. The predicted octanol–water partition coefficient (Wildman–Crippen LogP) is 5.79. The zero-order valence-corrected chi connectivity index (χ0v) is 15.7. The maximum absolute atomic E-state index is 6.51. The van der Waals surface area contributed by atoms with Crippen LogP contribution in [-0.4, -0.2) is 14.4 Å². The van der Waals surface area contributed by atoms with Gasteiger partial charge in [-0.1, -0.05) is 55.8 Å². The molecule has 0 bridgehead atoms. The van der Waals surface area contributed by atoms with E-state index in [9.17, 15) is 0 Å². The second kappa shape index (κ2) is 6.55. The zero-order valence-electron chi connectivity index (χ0n) is 13.1. The van der Waals surface area contributed by atoms with E-state index in [4.69, 9.17) is 4.43 Å². The van der Waals surface area contributed by atoms with Crippen molar-refractivity contribution in [3.8, 4) is 0 Å². The molecule has 1 atom stereocenters. The summed E-state index contributed by atoms with van der Waals surface area (Å²) in [5, 5.41) is 0.278. The summed E-state index contributed by atoms with van der Waals surface area (Å²) in [7, 11) is -1.66. The lowest BCUT2D eigenvalue weighted by atomic mass is 10.1. The lowest BCUT2D eigenvalue weighted by Crippen LogP contribution is -2.44. The second-order valence-electron chi connectivity index (χ2n) is 6.74. The van der Waals surface area contributed by atoms with Gasteiger partial charge < -0.3 is 4.43 Å². The maximum atomic E-state index is 6.51. The Hall–Kier alpha value is -0.123. The third-order valence-electron chi connectivity index (χ3n) is 4.10. The number of rotatable bonds is 5. The van der Waals surface area contributed by atoms with Crippen molar-refractivity contribution >= 4 is 24.2 Å². The standard InChI is InChI=1S/C16H27BrOSi/c1-7-15(18-19(5,6)16(2,3)4)12-13-8-10-14(17)11-9-13/h8-11,15H,7,12H2,1-6H3. The monoisotopic (exact) mass is 342 g/mol. The number of halogens is 1. The number of benzene rings is 1. The van der Waals surface area contributed by atoms with Crippen LogP contribution in [0.4, 0.5) is 0 Å². The van der Waals surface area contributed by atoms with Gasteiger partial charge in [-0.25, -0.2) is 0 Å². The molecular weight excluding hydrogens is 316 g/mol. The summed E-state index contributed by atoms with van der Waals surface area (Å²) in [5.41, 5.74) is 1.36. The molecule has 1 rings (SSSR count). The van der Waals surface area contributed by atoms with Gasteiger partial charge in [-0.05, 0) is 48.7 Å². The van der Waals surface area contributed by atoms with Gasteiger partial charge in [0.05, 0.1) is 0 Å². The van der Waals surface area contributed by atoms with Gasteiger partial charge in [-0.3, -0.25) is 0 Å². The zero-order chi connectivity index (χ0) is 14.7. The van der Waals surface area contributed by atoms with Crippen LogP contribution in [0.5, 0.6) is 0 Å². The molecule has 3 heteroatoms. The molecule has 0 spiro atoms. The van der Waals surface area contributed by atoms with Crippen molar-refractivity contribution < 1.29 is 4.43 Å². The summed E-state index contributed by atoms with van der Waals surface area (Å²) < 4.78 is 7.65. The minimum absolute atomic E-state index is 0.278. The third kappa shape index (κ3) is 5.05. The van der Waals surface area contributed by atoms with Crippen molar-refractivity contribution in [1.29, 1.82) is 0 Å². The first-order valence-electron chi connectivity index (χ1n) is 7.08. The molecule has 0 aliphatic rings. The Labute approximate surface area is 128 Å². The van der Waals surface area contributed by atoms with Crippen LogP contribution in [0.3, 0.4) is 0 Å². The largest absolute Gasteiger partial charge is 0.414 e. The van der Waals surface area contributed by atoms with Gasteiger partial charge in [0.15, 0.2) is 8.32 Å². The highest BCUT2D eigenvalue weighted by atomic mass is 79.9. The maximum Gasteiger partial charge on any atom is 0.192 e. The van der Waals surface area contributed by atoms with Crippen LogP contribution in [0.15, 0.2) is 28.7 Å². The molecule has 1 nitrogen and oxygen atoms in total. The molecule has 0 saturated carbocycles. The lowest BCUT2D eigenvalue weighted by Gasteiger charge is -2.39. The van der Waals surface area contributed by atoms with Crippen molar-refractivity contribution in [3.05, 3.63) is 34.3 Å². The minimum Gasteiger partial charge on any atom is -0.414 e. The molecule has 0 N–H and O–H groups in total. The molecule has 0 amide bonds. The van der Waals surface area contributed by atoms with E-state index in [-0.39, 0.29) is 5.04 Å². The Balaban J connectivity index is 2.72. The van der Waals surface area contributed by atoms with E-state index in [1.807, 2.05) is 0 Å². The van der Waals surface area contributed by atoms with Crippen LogP contribution in [-0.2, 0) is 10.8 Å². The molecule has 0 aliphatic carbocycles. The molecular formula is C16H27BrOSi. The minimum atomic E-state index is -1.66. The third-order valence-corrected chi connectivity index (χ3v) is 9.16. The Kier molecular flexibility index (Phi) is 5.84. The second-order valence-corrected chi connectivity index (χ2v) is 12.4. The molecule has 0 heterocycles. The molecule has 1 unspecified atom stereocenters. The Morgan fingerprint density at radius 3 is 2.11 bits per heavy atom. The Morgan fingerprint density at radius 2 is 1.68 bits per heavy atom. The summed E-state index contributed by atoms with van der Waals surface area (Å²) in [6.07, 6.45) is 2.42. The topological polar surface area (TPSA) is 9.23 Å². The highest BCUT2D eigenvalue weighted by Crippen LogP contribution is 2.38. The van der Waals surface area contributed by atoms with Crippen molar-refractivity contribution in [2.24, 2.45) is 0 Å². The highest BCUT2D eigenvalue weighted by Gasteiger charge is 2.38. The Bertz CT molecular complexity index is 392. The molecule has 1 aromatic rings. The van der Waals surface area contributed by atoms with E-state index in [0.717, 1.165) is 17.3 Å². The molecule has 0 radical (unpaired) electrons. The average molecular weight is 343 g/mol. The van der Waals surface area contributed by atoms with Gasteiger partial charge in [0.2, 0.25) is 0 Å². The van der Waals surface area contributed by atoms with Crippen molar-refractivity contribution in [2.75, 3.05) is 0 Å². The fourth-order valence-corrected chi connectivity index (χ4v) is 3.45. The van der Waals surface area contributed by atoms with Crippen LogP contribution in [0.1, 0.15) is 39.7 Å². The van der Waals surface area contributed by atoms with E-state index < -0.39 is 8.32 Å². The first-order valence-corrected chi connectivity index (χ1v) is 10.8. The van der Waals surface area contributed by atoms with Crippen molar-refractivity contribution in [3.63, 3.8) is 0 Å². The first-order chi connectivity index (χ1) is 8.65. The van der Waals surface area contributed by atoms with Crippen LogP contribution in [0.25, 0.3) is 0 Å². The molecule has 0 fully saturated rings. The number of hydrogen-bond acceptors (Lipinski definition) is 1. The quantitative estimate of drug-likeness (QED) is 0.615. The average Bonchev–Trinajstić information content (AvgIpc) is 2.29. The molecule has 0 saturated heterocycles. The molecule has 1 aromatic carbocycles. The summed E-state index contributed by atoms with van der Waals surface area (Å²) in [4.78, 5) is 0. The highest BCUT2D eigenvalue weighted by molar-refractivity contribution is 9.10. The smallest absolute Gasteiger partial charge is 0.192 e. The molecule has 108 valence electrons. The van der Waals surface area contributed by atoms with Gasteiger partial charge in [-0.2, -0.15) is 0 Å². The summed E-state index contributed by atoms with van der Waals surface area (Å²) in [6, 6.07) is 8.58.